The van der Waals surface area contributed by atoms with Crippen LogP contribution >= 0.6 is 0 Å². The Hall–Kier alpha value is -2.70. The molecule has 0 atom stereocenters. The van der Waals surface area contributed by atoms with E-state index in [0.717, 1.165) is 5.56 Å². The summed E-state index contributed by atoms with van der Waals surface area (Å²) >= 11 is 0. The number of halogens is 1. The molecule has 0 unspecified atom stereocenters. The normalized spacial score (nSPS) is 15.5. The van der Waals surface area contributed by atoms with E-state index < -0.39 is 11.8 Å². The van der Waals surface area contributed by atoms with Gasteiger partial charge in [0.25, 0.3) is 5.91 Å². The summed E-state index contributed by atoms with van der Waals surface area (Å²) in [6.07, 6.45) is 4.13. The first-order chi connectivity index (χ1) is 11.5. The Morgan fingerprint density at radius 2 is 2.00 bits per heavy atom. The smallest absolute Gasteiger partial charge is 0.338 e. The number of carboxylic acid groups (broad SMARTS) is 1. The van der Waals surface area contributed by atoms with Crippen molar-refractivity contribution in [1.82, 2.24) is 14.7 Å². The monoisotopic (exact) mass is 331 g/mol. The number of benzene rings is 1. The van der Waals surface area contributed by atoms with Crippen molar-refractivity contribution in [2.75, 3.05) is 13.1 Å². The number of nitrogens with zero attached hydrogens (tertiary/aromatic N) is 3. The number of carboxylic acids is 1. The molecule has 2 heterocycles. The Morgan fingerprint density at radius 3 is 2.62 bits per heavy atom. The number of rotatable bonds is 3. The first kappa shape index (κ1) is 16.2. The highest BCUT2D eigenvalue weighted by molar-refractivity contribution is 5.94. The van der Waals surface area contributed by atoms with Gasteiger partial charge in [-0.1, -0.05) is 11.6 Å². The quantitative estimate of drug-likeness (QED) is 0.938. The summed E-state index contributed by atoms with van der Waals surface area (Å²) in [4.78, 5) is 25.0. The number of amides is 1. The van der Waals surface area contributed by atoms with Crippen molar-refractivity contribution in [2.24, 2.45) is 0 Å². The summed E-state index contributed by atoms with van der Waals surface area (Å²) in [5, 5.41) is 13.0. The number of aromatic nitrogens is 2. The molecule has 1 aliphatic rings. The molecular weight excluding hydrogens is 313 g/mol. The van der Waals surface area contributed by atoms with Gasteiger partial charge in [-0.25, -0.2) is 9.18 Å². The number of aryl methyl sites for hydroxylation is 1. The van der Waals surface area contributed by atoms with Crippen molar-refractivity contribution in [2.45, 2.75) is 25.8 Å². The van der Waals surface area contributed by atoms with Gasteiger partial charge in [0.05, 0.1) is 23.4 Å². The number of likely N-dealkylation sites (tertiary alicyclic amines) is 1. The van der Waals surface area contributed by atoms with Gasteiger partial charge in [-0.15, -0.1) is 0 Å². The molecule has 0 aliphatic carbocycles. The Morgan fingerprint density at radius 1 is 1.29 bits per heavy atom. The van der Waals surface area contributed by atoms with E-state index in [0.29, 0.717) is 25.9 Å². The van der Waals surface area contributed by atoms with Gasteiger partial charge in [0.2, 0.25) is 0 Å². The summed E-state index contributed by atoms with van der Waals surface area (Å²) in [7, 11) is 0. The minimum Gasteiger partial charge on any atom is -0.478 e. The molecule has 2 aromatic rings. The average Bonchev–Trinajstić information content (AvgIpc) is 3.07. The molecule has 0 saturated carbocycles. The Labute approximate surface area is 138 Å². The second-order valence-corrected chi connectivity index (χ2v) is 6.02. The van der Waals surface area contributed by atoms with Gasteiger partial charge in [-0.2, -0.15) is 5.10 Å². The zero-order chi connectivity index (χ0) is 17.3. The molecule has 0 bridgehead atoms. The molecule has 1 aromatic heterocycles. The zero-order valence-corrected chi connectivity index (χ0v) is 13.3. The van der Waals surface area contributed by atoms with Crippen LogP contribution in [-0.4, -0.2) is 44.8 Å². The third-order valence-corrected chi connectivity index (χ3v) is 4.33. The van der Waals surface area contributed by atoms with E-state index in [2.05, 4.69) is 5.10 Å². The SMILES string of the molecule is Cc1ccc(F)c(C(=O)N2CCC(n3cc(C(=O)O)cn3)CC2)c1. The maximum Gasteiger partial charge on any atom is 0.338 e. The fourth-order valence-corrected chi connectivity index (χ4v) is 2.96. The van der Waals surface area contributed by atoms with Gasteiger partial charge in [-0.05, 0) is 31.9 Å². The van der Waals surface area contributed by atoms with Gasteiger partial charge >= 0.3 is 5.97 Å². The van der Waals surface area contributed by atoms with Gasteiger partial charge in [0, 0.05) is 19.3 Å². The Bertz CT molecular complexity index is 779. The summed E-state index contributed by atoms with van der Waals surface area (Å²) < 4.78 is 15.5. The molecule has 7 heteroatoms. The highest BCUT2D eigenvalue weighted by Crippen LogP contribution is 2.24. The molecule has 0 radical (unpaired) electrons. The largest absolute Gasteiger partial charge is 0.478 e. The molecule has 0 spiro atoms. The lowest BCUT2D eigenvalue weighted by molar-refractivity contribution is 0.0684. The van der Waals surface area contributed by atoms with E-state index in [1.807, 2.05) is 6.92 Å². The standard InChI is InChI=1S/C17H18FN3O3/c1-11-2-3-15(18)14(8-11)16(22)20-6-4-13(5-7-20)21-10-12(9-19-21)17(23)24/h2-3,8-10,13H,4-7H2,1H3,(H,23,24). The summed E-state index contributed by atoms with van der Waals surface area (Å²) in [5.74, 6) is -1.82. The number of carbonyl (C=O) groups is 2. The Balaban J connectivity index is 1.67. The molecule has 24 heavy (non-hydrogen) atoms. The van der Waals surface area contributed by atoms with Crippen LogP contribution in [0.15, 0.2) is 30.6 Å². The zero-order valence-electron chi connectivity index (χ0n) is 13.3. The fourth-order valence-electron chi connectivity index (χ4n) is 2.96. The first-order valence-electron chi connectivity index (χ1n) is 7.78. The van der Waals surface area contributed by atoms with Crippen molar-refractivity contribution in [3.8, 4) is 0 Å². The van der Waals surface area contributed by atoms with E-state index >= 15 is 0 Å². The van der Waals surface area contributed by atoms with Gasteiger partial charge in [0.15, 0.2) is 0 Å². The Kier molecular flexibility index (Phi) is 4.33. The van der Waals surface area contributed by atoms with Crippen molar-refractivity contribution in [1.29, 1.82) is 0 Å². The average molecular weight is 331 g/mol. The molecule has 1 saturated heterocycles. The van der Waals surface area contributed by atoms with Gasteiger partial charge in [0.1, 0.15) is 5.82 Å². The molecular formula is C17H18FN3O3. The minimum atomic E-state index is -1.01. The van der Waals surface area contributed by atoms with Crippen molar-refractivity contribution in [3.05, 3.63) is 53.1 Å². The van der Waals surface area contributed by atoms with Crippen LogP contribution in [0.3, 0.4) is 0 Å². The second-order valence-electron chi connectivity index (χ2n) is 6.02. The van der Waals surface area contributed by atoms with E-state index in [9.17, 15) is 14.0 Å². The predicted octanol–water partition coefficient (Wildman–Crippen LogP) is 2.51. The molecule has 1 fully saturated rings. The number of hydrogen-bond acceptors (Lipinski definition) is 3. The lowest BCUT2D eigenvalue weighted by Gasteiger charge is -2.32. The molecule has 3 rings (SSSR count). The topological polar surface area (TPSA) is 75.4 Å². The lowest BCUT2D eigenvalue weighted by atomic mass is 10.0. The third kappa shape index (κ3) is 3.15. The fraction of sp³-hybridized carbons (Fsp3) is 0.353. The van der Waals surface area contributed by atoms with Crippen LogP contribution in [0.2, 0.25) is 0 Å². The van der Waals surface area contributed by atoms with E-state index in [-0.39, 0.29) is 23.1 Å². The first-order valence-corrected chi connectivity index (χ1v) is 7.78. The van der Waals surface area contributed by atoms with Crippen LogP contribution in [0.25, 0.3) is 0 Å². The molecule has 6 nitrogen and oxygen atoms in total. The summed E-state index contributed by atoms with van der Waals surface area (Å²) in [5.41, 5.74) is 1.09. The number of carbonyl (C=O) groups excluding carboxylic acids is 1. The lowest BCUT2D eigenvalue weighted by Crippen LogP contribution is -2.39. The van der Waals surface area contributed by atoms with Crippen molar-refractivity contribution in [3.63, 3.8) is 0 Å². The molecule has 126 valence electrons. The number of piperidine rings is 1. The maximum absolute atomic E-state index is 13.9. The van der Waals surface area contributed by atoms with Crippen molar-refractivity contribution < 1.29 is 19.1 Å². The second kappa shape index (κ2) is 6.43. The minimum absolute atomic E-state index is 0.0458. The summed E-state index contributed by atoms with van der Waals surface area (Å²) in [6, 6.07) is 4.56. The van der Waals surface area contributed by atoms with E-state index in [1.54, 1.807) is 21.7 Å². The predicted molar refractivity (Wildman–Crippen MR) is 84.5 cm³/mol. The highest BCUT2D eigenvalue weighted by Gasteiger charge is 2.26. The highest BCUT2D eigenvalue weighted by atomic mass is 19.1. The van der Waals surface area contributed by atoms with E-state index in [1.165, 1.54) is 18.5 Å². The third-order valence-electron chi connectivity index (χ3n) is 4.33. The van der Waals surface area contributed by atoms with Crippen LogP contribution in [0, 0.1) is 12.7 Å². The van der Waals surface area contributed by atoms with Crippen LogP contribution < -0.4 is 0 Å². The van der Waals surface area contributed by atoms with Crippen LogP contribution in [-0.2, 0) is 0 Å². The maximum atomic E-state index is 13.9. The van der Waals surface area contributed by atoms with E-state index in [4.69, 9.17) is 5.11 Å². The molecule has 1 amide bonds. The molecule has 1 aromatic carbocycles. The van der Waals surface area contributed by atoms with Crippen molar-refractivity contribution >= 4 is 11.9 Å². The number of aromatic carboxylic acids is 1. The number of hydrogen-bond donors (Lipinski definition) is 1. The van der Waals surface area contributed by atoms with Crippen LogP contribution in [0.1, 0.15) is 45.2 Å². The summed E-state index contributed by atoms with van der Waals surface area (Å²) in [6.45, 7) is 2.79. The van der Waals surface area contributed by atoms with Crippen LogP contribution in [0.5, 0.6) is 0 Å². The molecule has 1 N–H and O–H groups in total. The van der Waals surface area contributed by atoms with Crippen LogP contribution in [0.4, 0.5) is 4.39 Å². The molecule has 1 aliphatic heterocycles. The van der Waals surface area contributed by atoms with Gasteiger partial charge in [-0.3, -0.25) is 9.48 Å². The van der Waals surface area contributed by atoms with Gasteiger partial charge < -0.3 is 10.0 Å².